The van der Waals surface area contributed by atoms with Crippen molar-refractivity contribution < 1.29 is 28.9 Å². The third kappa shape index (κ3) is 6.62. The molecule has 0 radical (unpaired) electrons. The van der Waals surface area contributed by atoms with Gasteiger partial charge in [-0.25, -0.2) is 9.59 Å². The van der Waals surface area contributed by atoms with Gasteiger partial charge in [-0.3, -0.25) is 0 Å². The number of carboxylic acid groups (broad SMARTS) is 1. The van der Waals surface area contributed by atoms with Crippen LogP contribution in [0.2, 0.25) is 0 Å². The minimum Gasteiger partial charge on any atom is -0.492 e. The molecule has 2 aromatic carbocycles. The molecule has 0 saturated carbocycles. The van der Waals surface area contributed by atoms with Gasteiger partial charge in [-0.2, -0.15) is 0 Å². The number of ether oxygens (including phenoxy) is 3. The third-order valence-electron chi connectivity index (χ3n) is 5.30. The van der Waals surface area contributed by atoms with Gasteiger partial charge in [0.15, 0.2) is 0 Å². The predicted octanol–water partition coefficient (Wildman–Crippen LogP) is 6.63. The molecule has 176 valence electrons. The van der Waals surface area contributed by atoms with E-state index in [4.69, 9.17) is 14.2 Å². The Bertz CT molecular complexity index is 890. The average Bonchev–Trinajstić information content (AvgIpc) is 2.78. The SMILES string of the molecule is CCCCCCOc1c(C(=O)O)c(C(=O)OCC)c(OCCCCCC)c2ccccc12. The molecule has 2 rings (SSSR count). The first-order valence-corrected chi connectivity index (χ1v) is 11.8. The van der Waals surface area contributed by atoms with Gasteiger partial charge in [-0.1, -0.05) is 76.6 Å². The third-order valence-corrected chi connectivity index (χ3v) is 5.30. The molecule has 0 unspecified atom stereocenters. The van der Waals surface area contributed by atoms with Crippen LogP contribution in [0, 0.1) is 0 Å². The van der Waals surface area contributed by atoms with Crippen molar-refractivity contribution in [2.45, 2.75) is 72.1 Å². The molecule has 1 N–H and O–H groups in total. The molecule has 6 heteroatoms. The molecule has 0 aliphatic heterocycles. The van der Waals surface area contributed by atoms with E-state index in [-0.39, 0.29) is 29.2 Å². The fourth-order valence-electron chi connectivity index (χ4n) is 3.68. The number of rotatable bonds is 15. The molecule has 0 bridgehead atoms. The van der Waals surface area contributed by atoms with Crippen LogP contribution in [0.15, 0.2) is 24.3 Å². The van der Waals surface area contributed by atoms with E-state index in [0.717, 1.165) is 51.4 Å². The minimum atomic E-state index is -1.24. The van der Waals surface area contributed by atoms with Gasteiger partial charge >= 0.3 is 11.9 Å². The minimum absolute atomic E-state index is 0.0721. The zero-order valence-electron chi connectivity index (χ0n) is 19.6. The summed E-state index contributed by atoms with van der Waals surface area (Å²) < 4.78 is 17.3. The average molecular weight is 445 g/mol. The van der Waals surface area contributed by atoms with Crippen LogP contribution in [0.5, 0.6) is 11.5 Å². The summed E-state index contributed by atoms with van der Waals surface area (Å²) in [7, 11) is 0. The van der Waals surface area contributed by atoms with Crippen LogP contribution in [-0.4, -0.2) is 36.9 Å². The van der Waals surface area contributed by atoms with Crippen molar-refractivity contribution in [3.8, 4) is 11.5 Å². The highest BCUT2D eigenvalue weighted by Gasteiger charge is 2.31. The first-order valence-electron chi connectivity index (χ1n) is 11.8. The number of carbonyl (C=O) groups excluding carboxylic acids is 1. The highest BCUT2D eigenvalue weighted by molar-refractivity contribution is 6.14. The van der Waals surface area contributed by atoms with Gasteiger partial charge in [0, 0.05) is 10.8 Å². The lowest BCUT2D eigenvalue weighted by Gasteiger charge is -2.20. The number of aromatic carboxylic acids is 1. The van der Waals surface area contributed by atoms with Crippen molar-refractivity contribution in [3.63, 3.8) is 0 Å². The summed E-state index contributed by atoms with van der Waals surface area (Å²) in [4.78, 5) is 25.3. The largest absolute Gasteiger partial charge is 0.492 e. The van der Waals surface area contributed by atoms with E-state index in [2.05, 4.69) is 13.8 Å². The monoisotopic (exact) mass is 444 g/mol. The topological polar surface area (TPSA) is 82.1 Å². The maximum atomic E-state index is 12.9. The summed E-state index contributed by atoms with van der Waals surface area (Å²) in [6.45, 7) is 6.86. The Morgan fingerprint density at radius 3 is 1.69 bits per heavy atom. The summed E-state index contributed by atoms with van der Waals surface area (Å²) in [6, 6.07) is 7.30. The molecule has 0 heterocycles. The van der Waals surface area contributed by atoms with Crippen molar-refractivity contribution in [2.75, 3.05) is 19.8 Å². The molecule has 0 aliphatic rings. The normalized spacial score (nSPS) is 10.8. The molecule has 0 fully saturated rings. The summed E-state index contributed by atoms with van der Waals surface area (Å²) in [6.07, 6.45) is 8.03. The molecule has 0 atom stereocenters. The Labute approximate surface area is 190 Å². The number of hydrogen-bond donors (Lipinski definition) is 1. The second-order valence-electron chi connectivity index (χ2n) is 7.80. The number of esters is 1. The van der Waals surface area contributed by atoms with Crippen molar-refractivity contribution in [1.29, 1.82) is 0 Å². The van der Waals surface area contributed by atoms with Crippen LogP contribution in [0.3, 0.4) is 0 Å². The molecule has 0 amide bonds. The summed E-state index contributed by atoms with van der Waals surface area (Å²) in [5.74, 6) is -1.49. The van der Waals surface area contributed by atoms with Crippen molar-refractivity contribution >= 4 is 22.7 Å². The number of carboxylic acids is 1. The molecule has 2 aromatic rings. The number of benzene rings is 2. The summed E-state index contributed by atoms with van der Waals surface area (Å²) >= 11 is 0. The Balaban J connectivity index is 2.56. The smallest absolute Gasteiger partial charge is 0.342 e. The Kier molecular flexibility index (Phi) is 10.8. The van der Waals surface area contributed by atoms with Gasteiger partial charge < -0.3 is 19.3 Å². The number of fused-ring (bicyclic) bond motifs is 1. The van der Waals surface area contributed by atoms with E-state index in [1.807, 2.05) is 24.3 Å². The molecule has 6 nitrogen and oxygen atoms in total. The van der Waals surface area contributed by atoms with Gasteiger partial charge in [0.25, 0.3) is 0 Å². The molecule has 0 aliphatic carbocycles. The van der Waals surface area contributed by atoms with Crippen LogP contribution in [0.25, 0.3) is 10.8 Å². The summed E-state index contributed by atoms with van der Waals surface area (Å²) in [5, 5.41) is 11.4. The maximum Gasteiger partial charge on any atom is 0.342 e. The van der Waals surface area contributed by atoms with E-state index >= 15 is 0 Å². The van der Waals surface area contributed by atoms with Crippen molar-refractivity contribution in [3.05, 3.63) is 35.4 Å². The number of carbonyl (C=O) groups is 2. The van der Waals surface area contributed by atoms with Crippen molar-refractivity contribution in [2.24, 2.45) is 0 Å². The molecular formula is C26H36O6. The lowest BCUT2D eigenvalue weighted by molar-refractivity contribution is 0.0508. The Hall–Kier alpha value is -2.76. The van der Waals surface area contributed by atoms with Gasteiger partial charge in [-0.15, -0.1) is 0 Å². The van der Waals surface area contributed by atoms with Gasteiger partial charge in [0.2, 0.25) is 0 Å². The second kappa shape index (κ2) is 13.6. The first kappa shape index (κ1) is 25.5. The molecule has 0 aromatic heterocycles. The van der Waals surface area contributed by atoms with Gasteiger partial charge in [0.1, 0.15) is 22.6 Å². The Morgan fingerprint density at radius 1 is 0.750 bits per heavy atom. The van der Waals surface area contributed by atoms with Gasteiger partial charge in [-0.05, 0) is 19.8 Å². The first-order chi connectivity index (χ1) is 15.6. The van der Waals surface area contributed by atoms with Crippen LogP contribution in [0.1, 0.15) is 92.9 Å². The Morgan fingerprint density at radius 2 is 1.25 bits per heavy atom. The maximum absolute atomic E-state index is 12.9. The molecule has 0 spiro atoms. The zero-order chi connectivity index (χ0) is 23.3. The molecule has 32 heavy (non-hydrogen) atoms. The van der Waals surface area contributed by atoms with Crippen LogP contribution in [0.4, 0.5) is 0 Å². The second-order valence-corrected chi connectivity index (χ2v) is 7.80. The van der Waals surface area contributed by atoms with Crippen LogP contribution < -0.4 is 9.47 Å². The lowest BCUT2D eigenvalue weighted by Crippen LogP contribution is -2.17. The van der Waals surface area contributed by atoms with E-state index in [1.165, 1.54) is 0 Å². The van der Waals surface area contributed by atoms with Crippen molar-refractivity contribution in [1.82, 2.24) is 0 Å². The number of hydrogen-bond acceptors (Lipinski definition) is 5. The zero-order valence-corrected chi connectivity index (χ0v) is 19.6. The lowest BCUT2D eigenvalue weighted by atomic mass is 9.97. The van der Waals surface area contributed by atoms with Crippen LogP contribution in [-0.2, 0) is 4.74 Å². The van der Waals surface area contributed by atoms with Crippen LogP contribution >= 0.6 is 0 Å². The predicted molar refractivity (Wildman–Crippen MR) is 126 cm³/mol. The highest BCUT2D eigenvalue weighted by Crippen LogP contribution is 2.41. The summed E-state index contributed by atoms with van der Waals surface area (Å²) in [5.41, 5.74) is -0.265. The van der Waals surface area contributed by atoms with E-state index in [0.29, 0.717) is 24.0 Å². The quantitative estimate of drug-likeness (QED) is 0.245. The standard InChI is InChI=1S/C26H36O6/c1-4-7-9-13-17-31-23-19-15-11-12-16-20(19)24(32-18-14-10-8-5-2)22(21(23)25(27)28)26(29)30-6-3/h11-12,15-16H,4-10,13-14,17-18H2,1-3H3,(H,27,28). The number of unbranched alkanes of at least 4 members (excludes halogenated alkanes) is 6. The van der Waals surface area contributed by atoms with E-state index in [1.54, 1.807) is 6.92 Å². The fourth-order valence-corrected chi connectivity index (χ4v) is 3.68. The fraction of sp³-hybridized carbons (Fsp3) is 0.538. The van der Waals surface area contributed by atoms with Gasteiger partial charge in [0.05, 0.1) is 19.8 Å². The highest BCUT2D eigenvalue weighted by atomic mass is 16.5. The molecular weight excluding hydrogens is 408 g/mol. The molecule has 0 saturated heterocycles. The van der Waals surface area contributed by atoms with E-state index < -0.39 is 11.9 Å². The van der Waals surface area contributed by atoms with E-state index in [9.17, 15) is 14.7 Å².